The van der Waals surface area contributed by atoms with Gasteiger partial charge in [0, 0.05) is 31.2 Å². The summed E-state index contributed by atoms with van der Waals surface area (Å²) in [7, 11) is 0. The van der Waals surface area contributed by atoms with E-state index in [0.29, 0.717) is 18.6 Å². The van der Waals surface area contributed by atoms with Gasteiger partial charge in [-0.2, -0.15) is 0 Å². The lowest BCUT2D eigenvalue weighted by atomic mass is 10.2. The lowest BCUT2D eigenvalue weighted by Gasteiger charge is -2.17. The van der Waals surface area contributed by atoms with Crippen molar-refractivity contribution in [1.82, 2.24) is 15.5 Å². The lowest BCUT2D eigenvalue weighted by Crippen LogP contribution is -2.43. The summed E-state index contributed by atoms with van der Waals surface area (Å²) in [6.45, 7) is 7.02. The molecule has 0 aromatic heterocycles. The van der Waals surface area contributed by atoms with Crippen LogP contribution in [0, 0.1) is 0 Å². The van der Waals surface area contributed by atoms with Crippen molar-refractivity contribution in [2.45, 2.75) is 64.1 Å². The third-order valence-electron chi connectivity index (χ3n) is 3.96. The zero-order valence-electron chi connectivity index (χ0n) is 11.7. The highest BCUT2D eigenvalue weighted by molar-refractivity contribution is 5.78. The standard InChI is InChI=1S/C14H27N3O/c1-3-4-11(2)16-14(18)9-15-12-7-8-17(10-12)13-5-6-13/h11-13,15H,3-10H2,1-2H3,(H,16,18). The highest BCUT2D eigenvalue weighted by atomic mass is 16.1. The zero-order chi connectivity index (χ0) is 13.0. The lowest BCUT2D eigenvalue weighted by molar-refractivity contribution is -0.121. The molecule has 1 heterocycles. The predicted octanol–water partition coefficient (Wildman–Crippen LogP) is 1.12. The maximum absolute atomic E-state index is 11.7. The van der Waals surface area contributed by atoms with Crippen molar-refractivity contribution in [1.29, 1.82) is 0 Å². The Morgan fingerprint density at radius 2 is 2.17 bits per heavy atom. The van der Waals surface area contributed by atoms with E-state index < -0.39 is 0 Å². The molecule has 1 aliphatic carbocycles. The number of carbonyl (C=O) groups is 1. The van der Waals surface area contributed by atoms with Crippen LogP contribution in [-0.4, -0.2) is 48.6 Å². The summed E-state index contributed by atoms with van der Waals surface area (Å²) in [5, 5.41) is 6.42. The van der Waals surface area contributed by atoms with Gasteiger partial charge in [-0.3, -0.25) is 9.69 Å². The van der Waals surface area contributed by atoms with Crippen LogP contribution >= 0.6 is 0 Å². The van der Waals surface area contributed by atoms with Gasteiger partial charge in [0.2, 0.25) is 5.91 Å². The molecule has 2 rings (SSSR count). The summed E-state index contributed by atoms with van der Waals surface area (Å²) in [5.74, 6) is 0.140. The highest BCUT2D eigenvalue weighted by Gasteiger charge is 2.34. The Bertz CT molecular complexity index is 278. The molecule has 1 amide bonds. The first kappa shape index (κ1) is 13.8. The molecule has 2 aliphatic rings. The number of hydrogen-bond acceptors (Lipinski definition) is 3. The van der Waals surface area contributed by atoms with Crippen LogP contribution < -0.4 is 10.6 Å². The first-order chi connectivity index (χ1) is 8.69. The maximum atomic E-state index is 11.7. The Balaban J connectivity index is 1.58. The number of likely N-dealkylation sites (tertiary alicyclic amines) is 1. The normalized spacial score (nSPS) is 26.2. The van der Waals surface area contributed by atoms with E-state index in [1.54, 1.807) is 0 Å². The summed E-state index contributed by atoms with van der Waals surface area (Å²) in [6, 6.07) is 1.67. The Hall–Kier alpha value is -0.610. The Kier molecular flexibility index (Phi) is 5.01. The summed E-state index contributed by atoms with van der Waals surface area (Å²) in [5.41, 5.74) is 0. The second-order valence-corrected chi connectivity index (χ2v) is 5.85. The van der Waals surface area contributed by atoms with Gasteiger partial charge in [0.15, 0.2) is 0 Å². The first-order valence-corrected chi connectivity index (χ1v) is 7.45. The number of nitrogens with one attached hydrogen (secondary N) is 2. The molecule has 4 nitrogen and oxygen atoms in total. The molecular formula is C14H27N3O. The van der Waals surface area contributed by atoms with Crippen LogP contribution in [-0.2, 0) is 4.79 Å². The molecule has 2 atom stereocenters. The molecule has 1 aliphatic heterocycles. The molecule has 0 aromatic carbocycles. The van der Waals surface area contributed by atoms with Crippen LogP contribution in [0.25, 0.3) is 0 Å². The smallest absolute Gasteiger partial charge is 0.234 e. The summed E-state index contributed by atoms with van der Waals surface area (Å²) >= 11 is 0. The van der Waals surface area contributed by atoms with Crippen LogP contribution in [0.2, 0.25) is 0 Å². The van der Waals surface area contributed by atoms with Crippen molar-refractivity contribution in [2.75, 3.05) is 19.6 Å². The zero-order valence-corrected chi connectivity index (χ0v) is 11.7. The van der Waals surface area contributed by atoms with Crippen LogP contribution in [0.4, 0.5) is 0 Å². The van der Waals surface area contributed by atoms with Gasteiger partial charge < -0.3 is 10.6 Å². The fourth-order valence-electron chi connectivity index (χ4n) is 2.79. The Morgan fingerprint density at radius 3 is 2.83 bits per heavy atom. The molecule has 1 saturated heterocycles. The SMILES string of the molecule is CCCC(C)NC(=O)CNC1CCN(C2CC2)C1. The molecule has 0 aromatic rings. The van der Waals surface area contributed by atoms with E-state index >= 15 is 0 Å². The molecule has 4 heteroatoms. The van der Waals surface area contributed by atoms with Crippen molar-refractivity contribution in [2.24, 2.45) is 0 Å². The topological polar surface area (TPSA) is 44.4 Å². The molecule has 0 spiro atoms. The summed E-state index contributed by atoms with van der Waals surface area (Å²) < 4.78 is 0. The summed E-state index contributed by atoms with van der Waals surface area (Å²) in [6.07, 6.45) is 6.12. The molecule has 2 N–H and O–H groups in total. The number of rotatable bonds is 7. The van der Waals surface area contributed by atoms with Gasteiger partial charge in [-0.05, 0) is 32.6 Å². The van der Waals surface area contributed by atoms with Gasteiger partial charge in [0.25, 0.3) is 0 Å². The van der Waals surface area contributed by atoms with E-state index in [-0.39, 0.29) is 5.91 Å². The van der Waals surface area contributed by atoms with Gasteiger partial charge in [-0.15, -0.1) is 0 Å². The average Bonchev–Trinajstić information content (AvgIpc) is 3.06. The van der Waals surface area contributed by atoms with Crippen molar-refractivity contribution in [3.8, 4) is 0 Å². The number of amides is 1. The molecule has 0 radical (unpaired) electrons. The summed E-state index contributed by atoms with van der Waals surface area (Å²) in [4.78, 5) is 14.3. The van der Waals surface area contributed by atoms with Crippen molar-refractivity contribution in [3.05, 3.63) is 0 Å². The molecule has 2 fully saturated rings. The van der Waals surface area contributed by atoms with Gasteiger partial charge >= 0.3 is 0 Å². The van der Waals surface area contributed by atoms with Gasteiger partial charge in [0.1, 0.15) is 0 Å². The van der Waals surface area contributed by atoms with Crippen molar-refractivity contribution in [3.63, 3.8) is 0 Å². The maximum Gasteiger partial charge on any atom is 0.234 e. The van der Waals surface area contributed by atoms with E-state index in [0.717, 1.165) is 25.4 Å². The minimum atomic E-state index is 0.140. The molecule has 2 unspecified atom stereocenters. The Morgan fingerprint density at radius 1 is 1.39 bits per heavy atom. The van der Waals surface area contributed by atoms with E-state index in [1.165, 1.54) is 25.8 Å². The number of carbonyl (C=O) groups excluding carboxylic acids is 1. The van der Waals surface area contributed by atoms with Crippen molar-refractivity contribution >= 4 is 5.91 Å². The minimum absolute atomic E-state index is 0.140. The van der Waals surface area contributed by atoms with E-state index in [1.807, 2.05) is 0 Å². The quantitative estimate of drug-likeness (QED) is 0.714. The molecule has 104 valence electrons. The fraction of sp³-hybridized carbons (Fsp3) is 0.929. The van der Waals surface area contributed by atoms with Crippen molar-refractivity contribution < 1.29 is 4.79 Å². The van der Waals surface area contributed by atoms with Crippen LogP contribution in [0.15, 0.2) is 0 Å². The molecule has 1 saturated carbocycles. The third-order valence-corrected chi connectivity index (χ3v) is 3.96. The van der Waals surface area contributed by atoms with E-state index in [9.17, 15) is 4.79 Å². The second-order valence-electron chi connectivity index (χ2n) is 5.85. The molecular weight excluding hydrogens is 226 g/mol. The fourth-order valence-corrected chi connectivity index (χ4v) is 2.79. The highest BCUT2D eigenvalue weighted by Crippen LogP contribution is 2.29. The largest absolute Gasteiger partial charge is 0.353 e. The molecule has 0 bridgehead atoms. The number of nitrogens with zero attached hydrogens (tertiary/aromatic N) is 1. The third kappa shape index (κ3) is 4.25. The van der Waals surface area contributed by atoms with Gasteiger partial charge in [0.05, 0.1) is 6.54 Å². The Labute approximate surface area is 110 Å². The van der Waals surface area contributed by atoms with Crippen LogP contribution in [0.3, 0.4) is 0 Å². The van der Waals surface area contributed by atoms with E-state index in [2.05, 4.69) is 29.4 Å². The van der Waals surface area contributed by atoms with Crippen LogP contribution in [0.1, 0.15) is 46.0 Å². The molecule has 18 heavy (non-hydrogen) atoms. The monoisotopic (exact) mass is 253 g/mol. The van der Waals surface area contributed by atoms with Gasteiger partial charge in [-0.25, -0.2) is 0 Å². The van der Waals surface area contributed by atoms with Crippen LogP contribution in [0.5, 0.6) is 0 Å². The number of hydrogen-bond donors (Lipinski definition) is 2. The van der Waals surface area contributed by atoms with Gasteiger partial charge in [-0.1, -0.05) is 13.3 Å². The first-order valence-electron chi connectivity index (χ1n) is 7.45. The van der Waals surface area contributed by atoms with E-state index in [4.69, 9.17) is 0 Å². The predicted molar refractivity (Wildman–Crippen MR) is 73.5 cm³/mol. The second kappa shape index (κ2) is 6.53. The average molecular weight is 253 g/mol. The minimum Gasteiger partial charge on any atom is -0.353 e.